The molecule has 0 radical (unpaired) electrons. The Hall–Kier alpha value is -2.25. The Morgan fingerprint density at radius 2 is 2.04 bits per heavy atom. The Kier molecular flexibility index (Phi) is 9.28. The zero-order valence-electron chi connectivity index (χ0n) is 16.4. The molecular weight excluding hydrogens is 449 g/mol. The van der Waals surface area contributed by atoms with E-state index in [-0.39, 0.29) is 10.6 Å². The maximum Gasteiger partial charge on any atom is 0.277 e. The van der Waals surface area contributed by atoms with Crippen molar-refractivity contribution in [2.75, 3.05) is 7.11 Å². The topological polar surface area (TPSA) is 56.5 Å². The molecule has 0 fully saturated rings. The van der Waals surface area contributed by atoms with Gasteiger partial charge in [0.2, 0.25) is 0 Å². The summed E-state index contributed by atoms with van der Waals surface area (Å²) in [5.41, 5.74) is 2.89. The minimum absolute atomic E-state index is 0.0698. The van der Waals surface area contributed by atoms with Gasteiger partial charge in [-0.05, 0) is 61.3 Å². The second-order valence-electron chi connectivity index (χ2n) is 5.90. The molecule has 2 aromatic rings. The number of aliphatic imine (C=N–C) groups is 1. The molecular formula is C20H22BrClFN3O2. The summed E-state index contributed by atoms with van der Waals surface area (Å²) in [5, 5.41) is 0.0698. The monoisotopic (exact) mass is 469 g/mol. The van der Waals surface area contributed by atoms with E-state index >= 15 is 0 Å². The smallest absolute Gasteiger partial charge is 0.277 e. The highest BCUT2D eigenvalue weighted by molar-refractivity contribution is 9.10. The van der Waals surface area contributed by atoms with Gasteiger partial charge in [-0.25, -0.2) is 9.37 Å². The molecule has 2 aromatic heterocycles. The van der Waals surface area contributed by atoms with Crippen LogP contribution in [0.1, 0.15) is 25.1 Å². The fourth-order valence-electron chi connectivity index (χ4n) is 2.10. The van der Waals surface area contributed by atoms with Crippen molar-refractivity contribution in [2.24, 2.45) is 4.99 Å². The van der Waals surface area contributed by atoms with Crippen LogP contribution in [0.4, 0.5) is 4.39 Å². The summed E-state index contributed by atoms with van der Waals surface area (Å²) in [6.45, 7) is 10.5. The second-order valence-corrected chi connectivity index (χ2v) is 7.09. The Morgan fingerprint density at radius 3 is 2.57 bits per heavy atom. The van der Waals surface area contributed by atoms with Crippen molar-refractivity contribution in [3.63, 3.8) is 0 Å². The van der Waals surface area contributed by atoms with Crippen LogP contribution in [0.5, 0.6) is 5.75 Å². The van der Waals surface area contributed by atoms with Gasteiger partial charge in [-0.3, -0.25) is 14.4 Å². The van der Waals surface area contributed by atoms with Gasteiger partial charge in [0.15, 0.2) is 0 Å². The number of allylic oxidation sites excluding steroid dienone is 2. The maximum absolute atomic E-state index is 12.3. The molecule has 0 saturated carbocycles. The molecule has 0 bridgehead atoms. The lowest BCUT2D eigenvalue weighted by Crippen LogP contribution is -2.22. The fourth-order valence-corrected chi connectivity index (χ4v) is 2.64. The van der Waals surface area contributed by atoms with Gasteiger partial charge in [0.25, 0.3) is 5.56 Å². The van der Waals surface area contributed by atoms with Crippen molar-refractivity contribution in [1.29, 1.82) is 0 Å². The summed E-state index contributed by atoms with van der Waals surface area (Å²) in [6.07, 6.45) is 3.96. The molecule has 0 aliphatic heterocycles. The van der Waals surface area contributed by atoms with Crippen molar-refractivity contribution in [1.82, 2.24) is 9.55 Å². The van der Waals surface area contributed by atoms with E-state index in [0.717, 1.165) is 34.9 Å². The zero-order valence-corrected chi connectivity index (χ0v) is 18.7. The number of halogens is 3. The summed E-state index contributed by atoms with van der Waals surface area (Å²) >= 11 is 9.33. The normalized spacial score (nSPS) is 10.6. The van der Waals surface area contributed by atoms with Crippen LogP contribution in [-0.4, -0.2) is 22.4 Å². The average Bonchev–Trinajstić information content (AvgIpc) is 2.65. The molecule has 0 amide bonds. The highest BCUT2D eigenvalue weighted by Crippen LogP contribution is 2.24. The van der Waals surface area contributed by atoms with Crippen molar-refractivity contribution in [3.8, 4) is 11.4 Å². The number of nitrogens with zero attached hydrogens (tertiary/aromatic N) is 3. The third-order valence-electron chi connectivity index (χ3n) is 3.44. The molecule has 2 rings (SSSR count). The molecule has 0 atom stereocenters. The Morgan fingerprint density at radius 1 is 1.39 bits per heavy atom. The van der Waals surface area contributed by atoms with Gasteiger partial charge in [0.1, 0.15) is 21.2 Å². The molecule has 8 heteroatoms. The van der Waals surface area contributed by atoms with Crippen molar-refractivity contribution < 1.29 is 9.13 Å². The van der Waals surface area contributed by atoms with E-state index in [1.54, 1.807) is 36.7 Å². The van der Waals surface area contributed by atoms with E-state index in [1.807, 2.05) is 13.8 Å². The predicted octanol–water partition coefficient (Wildman–Crippen LogP) is 5.74. The molecule has 0 aliphatic carbocycles. The summed E-state index contributed by atoms with van der Waals surface area (Å²) in [7, 11) is 1.48. The van der Waals surface area contributed by atoms with E-state index in [0.29, 0.717) is 10.4 Å². The molecule has 0 aromatic carbocycles. The molecule has 0 aliphatic rings. The van der Waals surface area contributed by atoms with Gasteiger partial charge in [-0.15, -0.1) is 0 Å². The number of aromatic nitrogens is 2. The first kappa shape index (κ1) is 23.8. The number of methoxy groups -OCH3 is 1. The van der Waals surface area contributed by atoms with Crippen LogP contribution < -0.4 is 10.3 Å². The summed E-state index contributed by atoms with van der Waals surface area (Å²) < 4.78 is 19.4. The summed E-state index contributed by atoms with van der Waals surface area (Å²) in [5.74, 6) is -0.0256. The Bertz CT molecular complexity index is 980. The molecule has 5 nitrogen and oxygen atoms in total. The van der Waals surface area contributed by atoms with Crippen molar-refractivity contribution in [3.05, 3.63) is 74.2 Å². The molecule has 28 heavy (non-hydrogen) atoms. The van der Waals surface area contributed by atoms with Gasteiger partial charge in [-0.2, -0.15) is 0 Å². The lowest BCUT2D eigenvalue weighted by atomic mass is 10.2. The molecule has 0 spiro atoms. The minimum atomic E-state index is -0.406. The number of rotatable bonds is 4. The van der Waals surface area contributed by atoms with Gasteiger partial charge in [-0.1, -0.05) is 18.2 Å². The molecule has 0 saturated heterocycles. The molecule has 150 valence electrons. The van der Waals surface area contributed by atoms with Crippen LogP contribution in [-0.2, 0) is 0 Å². The van der Waals surface area contributed by atoms with Gasteiger partial charge < -0.3 is 4.74 Å². The average molecular weight is 471 g/mol. The number of aryl methyl sites for hydroxylation is 2. The van der Waals surface area contributed by atoms with Crippen molar-refractivity contribution in [2.45, 2.75) is 27.7 Å². The standard InChI is InChI=1S/C13H12BrClN2O2.C7H10FN/c1-7-6-16-11(14)5-9(7)17-8(2)4-10(19-3)12(15)13(17)18;1-4-7(8)5-9-6(2)3/h4-6H,1-3H3;4-5H,1H2,2-3H3/b;7-5+. The first-order valence-corrected chi connectivity index (χ1v) is 9.37. The number of ether oxygens (including phenoxy) is 1. The van der Waals surface area contributed by atoms with E-state index in [1.165, 1.54) is 7.11 Å². The van der Waals surface area contributed by atoms with Gasteiger partial charge >= 0.3 is 0 Å². The van der Waals surface area contributed by atoms with Crippen LogP contribution >= 0.6 is 27.5 Å². The van der Waals surface area contributed by atoms with Crippen molar-refractivity contribution >= 4 is 33.2 Å². The van der Waals surface area contributed by atoms with E-state index in [2.05, 4.69) is 32.5 Å². The summed E-state index contributed by atoms with van der Waals surface area (Å²) in [4.78, 5) is 20.2. The Labute approximate surface area is 177 Å². The third-order valence-corrected chi connectivity index (χ3v) is 4.22. The van der Waals surface area contributed by atoms with Crippen LogP contribution in [0, 0.1) is 13.8 Å². The molecule has 0 N–H and O–H groups in total. The van der Waals surface area contributed by atoms with E-state index in [9.17, 15) is 9.18 Å². The van der Waals surface area contributed by atoms with Crippen LogP contribution in [0.2, 0.25) is 5.02 Å². The highest BCUT2D eigenvalue weighted by Gasteiger charge is 2.14. The molecule has 0 unspecified atom stereocenters. The summed E-state index contributed by atoms with van der Waals surface area (Å²) in [6, 6.07) is 3.52. The number of hydrogen-bond acceptors (Lipinski definition) is 4. The maximum atomic E-state index is 12.3. The van der Waals surface area contributed by atoms with Crippen LogP contribution in [0.25, 0.3) is 5.69 Å². The third kappa shape index (κ3) is 6.42. The zero-order chi connectivity index (χ0) is 21.4. The van der Waals surface area contributed by atoms with Crippen LogP contribution in [0.15, 0.2) is 57.4 Å². The number of hydrogen-bond donors (Lipinski definition) is 0. The lowest BCUT2D eigenvalue weighted by molar-refractivity contribution is 0.413. The lowest BCUT2D eigenvalue weighted by Gasteiger charge is -2.14. The van der Waals surface area contributed by atoms with Crippen LogP contribution in [0.3, 0.4) is 0 Å². The second kappa shape index (κ2) is 10.9. The van der Waals surface area contributed by atoms with Gasteiger partial charge in [0.05, 0.1) is 19.0 Å². The first-order valence-electron chi connectivity index (χ1n) is 8.20. The van der Waals surface area contributed by atoms with E-state index < -0.39 is 5.83 Å². The SMILES string of the molecule is C=C/C(F)=C\N=C(C)C.COc1cc(C)n(-c2cc(Br)ncc2C)c(=O)c1Cl. The fraction of sp³-hybridized carbons (Fsp3) is 0.250. The number of pyridine rings is 2. The minimum Gasteiger partial charge on any atom is -0.495 e. The highest BCUT2D eigenvalue weighted by atomic mass is 79.9. The predicted molar refractivity (Wildman–Crippen MR) is 117 cm³/mol. The van der Waals surface area contributed by atoms with Gasteiger partial charge in [0, 0.05) is 23.7 Å². The first-order chi connectivity index (χ1) is 13.1. The quantitative estimate of drug-likeness (QED) is 0.325. The van der Waals surface area contributed by atoms with E-state index in [4.69, 9.17) is 16.3 Å². The Balaban J connectivity index is 0.000000370. The molecule has 2 heterocycles. The largest absolute Gasteiger partial charge is 0.495 e.